The number of hydrogen-bond donors (Lipinski definition) is 0. The average Bonchev–Trinajstić information content (AvgIpc) is 3.27. The molecule has 362 valence electrons. The summed E-state index contributed by atoms with van der Waals surface area (Å²) >= 11 is 0. The number of unbranched alkanes of at least 4 members (excludes halogenated alkanes) is 31. The Labute approximate surface area is 386 Å². The molecule has 5 heteroatoms. The zero-order valence-electron chi connectivity index (χ0n) is 41.6. The van der Waals surface area contributed by atoms with E-state index in [1.807, 2.05) is 0 Å². The topological polar surface area (TPSA) is 61.8 Å². The molecule has 1 atom stereocenters. The van der Waals surface area contributed by atoms with Gasteiger partial charge in [-0.2, -0.15) is 0 Å². The minimum atomic E-state index is -0.546. The van der Waals surface area contributed by atoms with E-state index in [2.05, 4.69) is 69.4 Å². The van der Waals surface area contributed by atoms with Gasteiger partial charge in [0, 0.05) is 19.4 Å². The second kappa shape index (κ2) is 53.2. The van der Waals surface area contributed by atoms with Gasteiger partial charge in [0.25, 0.3) is 0 Å². The van der Waals surface area contributed by atoms with Crippen molar-refractivity contribution in [3.8, 4) is 0 Å². The van der Waals surface area contributed by atoms with E-state index in [4.69, 9.17) is 14.2 Å². The Morgan fingerprint density at radius 1 is 0.371 bits per heavy atom. The SMILES string of the molecule is CC/C=C\C/C=C\C/C=C\CCCCCCOCC(COC(=O)CCCCCCCCC/C=C\CCCCCCCC)OC(=O)CCCCCCCCCCCCCCCCC. The minimum Gasteiger partial charge on any atom is -0.462 e. The number of hydrogen-bond acceptors (Lipinski definition) is 5. The summed E-state index contributed by atoms with van der Waals surface area (Å²) in [6.45, 7) is 7.70. The standard InChI is InChI=1S/C57H104O5/c1-4-7-10-13-16-19-22-25-28-29-31-32-35-38-41-44-47-50-56(58)61-54-55(53-60-52-49-46-43-40-37-34-27-24-21-18-15-12-9-6-3)62-57(59)51-48-45-42-39-36-33-30-26-23-20-17-14-11-8-5-2/h9,12,18,21,25,27-28,34,55H,4-8,10-11,13-17,19-20,22-24,26,29-33,35-54H2,1-3H3/b12-9-,21-18-,28-25-,34-27-. The third-order valence-electron chi connectivity index (χ3n) is 11.8. The van der Waals surface area contributed by atoms with Gasteiger partial charge in [-0.05, 0) is 77.0 Å². The van der Waals surface area contributed by atoms with Crippen molar-refractivity contribution in [3.63, 3.8) is 0 Å². The summed E-state index contributed by atoms with van der Waals surface area (Å²) in [5.41, 5.74) is 0. The molecule has 5 nitrogen and oxygen atoms in total. The number of ether oxygens (including phenoxy) is 3. The third-order valence-corrected chi connectivity index (χ3v) is 11.8. The number of esters is 2. The van der Waals surface area contributed by atoms with Crippen molar-refractivity contribution in [3.05, 3.63) is 48.6 Å². The van der Waals surface area contributed by atoms with Gasteiger partial charge >= 0.3 is 11.9 Å². The van der Waals surface area contributed by atoms with E-state index in [0.29, 0.717) is 19.4 Å². The van der Waals surface area contributed by atoms with Crippen molar-refractivity contribution in [1.82, 2.24) is 0 Å². The molecular formula is C57H104O5. The number of allylic oxidation sites excluding steroid dienone is 8. The predicted molar refractivity (Wildman–Crippen MR) is 270 cm³/mol. The molecule has 0 heterocycles. The molecule has 0 saturated carbocycles. The zero-order chi connectivity index (χ0) is 44.9. The highest BCUT2D eigenvalue weighted by Crippen LogP contribution is 2.16. The van der Waals surface area contributed by atoms with Crippen LogP contribution in [0.5, 0.6) is 0 Å². The predicted octanol–water partition coefficient (Wildman–Crippen LogP) is 18.3. The van der Waals surface area contributed by atoms with E-state index in [1.165, 1.54) is 180 Å². The molecule has 0 aliphatic heterocycles. The molecule has 0 fully saturated rings. The zero-order valence-corrected chi connectivity index (χ0v) is 41.6. The first kappa shape index (κ1) is 59.9. The van der Waals surface area contributed by atoms with Gasteiger partial charge in [-0.3, -0.25) is 9.59 Å². The Bertz CT molecular complexity index is 1030. The molecule has 0 aliphatic rings. The molecule has 0 spiro atoms. The summed E-state index contributed by atoms with van der Waals surface area (Å²) in [4.78, 5) is 25.4. The fraction of sp³-hybridized carbons (Fsp3) is 0.825. The van der Waals surface area contributed by atoms with E-state index >= 15 is 0 Å². The Kier molecular flexibility index (Phi) is 51.4. The fourth-order valence-corrected chi connectivity index (χ4v) is 7.81. The Morgan fingerprint density at radius 2 is 0.726 bits per heavy atom. The minimum absolute atomic E-state index is 0.0772. The van der Waals surface area contributed by atoms with Gasteiger partial charge in [0.1, 0.15) is 6.61 Å². The Morgan fingerprint density at radius 3 is 1.18 bits per heavy atom. The maximum absolute atomic E-state index is 12.8. The number of carbonyl (C=O) groups is 2. The second-order valence-electron chi connectivity index (χ2n) is 18.1. The summed E-state index contributed by atoms with van der Waals surface area (Å²) in [5, 5.41) is 0. The van der Waals surface area contributed by atoms with Crippen LogP contribution < -0.4 is 0 Å². The molecule has 0 aromatic heterocycles. The van der Waals surface area contributed by atoms with Crippen LogP contribution in [0.3, 0.4) is 0 Å². The first-order valence-electron chi connectivity index (χ1n) is 27.2. The van der Waals surface area contributed by atoms with Gasteiger partial charge in [0.2, 0.25) is 0 Å². The molecule has 0 saturated heterocycles. The van der Waals surface area contributed by atoms with Crippen LogP contribution >= 0.6 is 0 Å². The van der Waals surface area contributed by atoms with Crippen LogP contribution in [0.25, 0.3) is 0 Å². The lowest BCUT2D eigenvalue weighted by atomic mass is 10.0. The van der Waals surface area contributed by atoms with Crippen LogP contribution in [0.2, 0.25) is 0 Å². The van der Waals surface area contributed by atoms with Crippen LogP contribution in [0.1, 0.15) is 278 Å². The quantitative estimate of drug-likeness (QED) is 0.0346. The highest BCUT2D eigenvalue weighted by atomic mass is 16.6. The monoisotopic (exact) mass is 869 g/mol. The molecule has 0 N–H and O–H groups in total. The highest BCUT2D eigenvalue weighted by Gasteiger charge is 2.17. The maximum Gasteiger partial charge on any atom is 0.306 e. The van der Waals surface area contributed by atoms with Gasteiger partial charge in [-0.1, -0.05) is 236 Å². The van der Waals surface area contributed by atoms with Crippen molar-refractivity contribution in [2.75, 3.05) is 19.8 Å². The van der Waals surface area contributed by atoms with Gasteiger partial charge in [0.05, 0.1) is 6.61 Å². The first-order valence-corrected chi connectivity index (χ1v) is 27.2. The van der Waals surface area contributed by atoms with Crippen LogP contribution in [-0.4, -0.2) is 37.9 Å². The molecule has 62 heavy (non-hydrogen) atoms. The van der Waals surface area contributed by atoms with E-state index < -0.39 is 6.10 Å². The van der Waals surface area contributed by atoms with Crippen molar-refractivity contribution in [2.45, 2.75) is 284 Å². The van der Waals surface area contributed by atoms with Crippen LogP contribution in [0, 0.1) is 0 Å². The molecule has 0 rings (SSSR count). The lowest BCUT2D eigenvalue weighted by Crippen LogP contribution is -2.30. The normalized spacial score (nSPS) is 12.5. The molecule has 0 amide bonds. The molecule has 0 radical (unpaired) electrons. The van der Waals surface area contributed by atoms with Crippen molar-refractivity contribution in [1.29, 1.82) is 0 Å². The second-order valence-corrected chi connectivity index (χ2v) is 18.1. The smallest absolute Gasteiger partial charge is 0.306 e. The first-order chi connectivity index (χ1) is 30.6. The van der Waals surface area contributed by atoms with E-state index in [9.17, 15) is 9.59 Å². The van der Waals surface area contributed by atoms with Crippen LogP contribution in [0.4, 0.5) is 0 Å². The van der Waals surface area contributed by atoms with Gasteiger partial charge < -0.3 is 14.2 Å². The fourth-order valence-electron chi connectivity index (χ4n) is 7.81. The van der Waals surface area contributed by atoms with Gasteiger partial charge in [-0.15, -0.1) is 0 Å². The molecule has 0 aromatic carbocycles. The van der Waals surface area contributed by atoms with Crippen molar-refractivity contribution < 1.29 is 23.8 Å². The van der Waals surface area contributed by atoms with Crippen LogP contribution in [0.15, 0.2) is 48.6 Å². The lowest BCUT2D eigenvalue weighted by Gasteiger charge is -2.18. The van der Waals surface area contributed by atoms with Crippen molar-refractivity contribution >= 4 is 11.9 Å². The van der Waals surface area contributed by atoms with E-state index in [1.54, 1.807) is 0 Å². The largest absolute Gasteiger partial charge is 0.462 e. The number of rotatable bonds is 50. The lowest BCUT2D eigenvalue weighted by molar-refractivity contribution is -0.163. The Hall–Kier alpha value is -2.14. The third kappa shape index (κ3) is 50.5. The average molecular weight is 869 g/mol. The van der Waals surface area contributed by atoms with Crippen molar-refractivity contribution in [2.24, 2.45) is 0 Å². The van der Waals surface area contributed by atoms with E-state index in [0.717, 1.165) is 64.2 Å². The van der Waals surface area contributed by atoms with E-state index in [-0.39, 0.29) is 25.2 Å². The summed E-state index contributed by atoms with van der Waals surface area (Å²) < 4.78 is 17.4. The van der Waals surface area contributed by atoms with Gasteiger partial charge in [0.15, 0.2) is 6.10 Å². The Balaban J connectivity index is 4.27. The highest BCUT2D eigenvalue weighted by molar-refractivity contribution is 5.70. The van der Waals surface area contributed by atoms with Crippen LogP contribution in [-0.2, 0) is 23.8 Å². The molecule has 1 unspecified atom stereocenters. The maximum atomic E-state index is 12.8. The summed E-state index contributed by atoms with van der Waals surface area (Å²) in [7, 11) is 0. The summed E-state index contributed by atoms with van der Waals surface area (Å²) in [6, 6.07) is 0. The summed E-state index contributed by atoms with van der Waals surface area (Å²) in [5.74, 6) is -0.402. The molecule has 0 aliphatic carbocycles. The summed E-state index contributed by atoms with van der Waals surface area (Å²) in [6.07, 6.45) is 65.5. The molecule has 0 bridgehead atoms. The van der Waals surface area contributed by atoms with Gasteiger partial charge in [-0.25, -0.2) is 0 Å². The number of carbonyl (C=O) groups excluding carboxylic acids is 2. The molecular weight excluding hydrogens is 765 g/mol. The molecule has 0 aromatic rings.